The highest BCUT2D eigenvalue weighted by atomic mass is 127. The normalized spacial score (nSPS) is 11.3. The van der Waals surface area contributed by atoms with E-state index in [4.69, 9.17) is 5.73 Å². The van der Waals surface area contributed by atoms with Gasteiger partial charge in [0.2, 0.25) is 0 Å². The molecule has 2 aromatic carbocycles. The Hall–Kier alpha value is -1.23. The molecular weight excluding hydrogens is 359 g/mol. The average Bonchev–Trinajstić information content (AvgIpc) is 2.41. The molecule has 0 radical (unpaired) electrons. The van der Waals surface area contributed by atoms with Crippen LogP contribution < -0.4 is 11.1 Å². The number of benzene rings is 2. The van der Waals surface area contributed by atoms with Crippen LogP contribution in [0.5, 0.6) is 0 Å². The highest BCUT2D eigenvalue weighted by Crippen LogP contribution is 2.26. The Morgan fingerprint density at radius 2 is 1.80 bits per heavy atom. The van der Waals surface area contributed by atoms with E-state index < -0.39 is 0 Å². The van der Waals surface area contributed by atoms with Crippen molar-refractivity contribution in [2.75, 3.05) is 11.1 Å². The number of rotatable bonds is 5. The van der Waals surface area contributed by atoms with Crippen molar-refractivity contribution in [2.45, 2.75) is 32.2 Å². The molecule has 0 fully saturated rings. The fourth-order valence-electron chi connectivity index (χ4n) is 2.18. The molecule has 106 valence electrons. The third kappa shape index (κ3) is 4.40. The first kappa shape index (κ1) is 15.2. The van der Waals surface area contributed by atoms with Gasteiger partial charge in [0.15, 0.2) is 0 Å². The van der Waals surface area contributed by atoms with Crippen LogP contribution in [0.15, 0.2) is 48.5 Å². The summed E-state index contributed by atoms with van der Waals surface area (Å²) in [7, 11) is 0. The molecule has 0 saturated heterocycles. The summed E-state index contributed by atoms with van der Waals surface area (Å²) in [5.74, 6) is 0. The van der Waals surface area contributed by atoms with Gasteiger partial charge in [-0.25, -0.2) is 0 Å². The van der Waals surface area contributed by atoms with Gasteiger partial charge in [-0.3, -0.25) is 0 Å². The molecule has 0 saturated carbocycles. The van der Waals surface area contributed by atoms with E-state index in [-0.39, 0.29) is 5.54 Å². The highest BCUT2D eigenvalue weighted by molar-refractivity contribution is 14.1. The lowest BCUT2D eigenvalue weighted by Gasteiger charge is -2.28. The Morgan fingerprint density at radius 1 is 1.10 bits per heavy atom. The molecule has 3 heteroatoms. The van der Waals surface area contributed by atoms with Crippen LogP contribution in [0.1, 0.15) is 25.8 Å². The Labute approximate surface area is 134 Å². The average molecular weight is 380 g/mol. The minimum absolute atomic E-state index is 0.0107. The van der Waals surface area contributed by atoms with Crippen molar-refractivity contribution in [2.24, 2.45) is 0 Å². The molecule has 2 rings (SSSR count). The summed E-state index contributed by atoms with van der Waals surface area (Å²) in [6, 6.07) is 16.7. The number of halogens is 1. The van der Waals surface area contributed by atoms with Gasteiger partial charge >= 0.3 is 0 Å². The van der Waals surface area contributed by atoms with E-state index in [0.29, 0.717) is 0 Å². The predicted octanol–water partition coefficient (Wildman–Crippen LogP) is 4.70. The van der Waals surface area contributed by atoms with E-state index in [9.17, 15) is 0 Å². The molecule has 0 spiro atoms. The zero-order valence-electron chi connectivity index (χ0n) is 12.0. The molecule has 0 bridgehead atoms. The van der Waals surface area contributed by atoms with Gasteiger partial charge in [-0.05, 0) is 73.0 Å². The first-order valence-electron chi connectivity index (χ1n) is 6.83. The van der Waals surface area contributed by atoms with E-state index in [1.165, 1.54) is 5.56 Å². The van der Waals surface area contributed by atoms with E-state index >= 15 is 0 Å². The molecule has 0 aliphatic rings. The molecule has 0 unspecified atom stereocenters. The topological polar surface area (TPSA) is 38.0 Å². The van der Waals surface area contributed by atoms with Crippen LogP contribution in [0.4, 0.5) is 11.4 Å². The van der Waals surface area contributed by atoms with Crippen molar-refractivity contribution >= 4 is 34.0 Å². The number of nitrogens with two attached hydrogens (primary N) is 1. The van der Waals surface area contributed by atoms with Crippen molar-refractivity contribution in [3.63, 3.8) is 0 Å². The fraction of sp³-hybridized carbons (Fsp3) is 0.294. The first-order chi connectivity index (χ1) is 9.46. The molecule has 0 aliphatic heterocycles. The predicted molar refractivity (Wildman–Crippen MR) is 96.0 cm³/mol. The smallest absolute Gasteiger partial charge is 0.0578 e. The molecule has 3 N–H and O–H groups in total. The SMILES string of the molecule is CC(C)(CCc1ccccc1)Nc1ccc(I)cc1N. The Bertz CT molecular complexity index is 564. The van der Waals surface area contributed by atoms with Gasteiger partial charge < -0.3 is 11.1 Å². The molecule has 2 aromatic rings. The van der Waals surface area contributed by atoms with E-state index in [0.717, 1.165) is 27.8 Å². The summed E-state index contributed by atoms with van der Waals surface area (Å²) < 4.78 is 1.16. The van der Waals surface area contributed by atoms with Crippen LogP contribution in [0.2, 0.25) is 0 Å². The molecule has 0 aliphatic carbocycles. The molecule has 0 aromatic heterocycles. The maximum absolute atomic E-state index is 6.07. The van der Waals surface area contributed by atoms with Gasteiger partial charge in [-0.1, -0.05) is 30.3 Å². The highest BCUT2D eigenvalue weighted by Gasteiger charge is 2.18. The summed E-state index contributed by atoms with van der Waals surface area (Å²) in [6.07, 6.45) is 2.12. The molecular formula is C17H21IN2. The van der Waals surface area contributed by atoms with Crippen LogP contribution >= 0.6 is 22.6 Å². The number of anilines is 2. The Balaban J connectivity index is 2.00. The summed E-state index contributed by atoms with van der Waals surface area (Å²) in [6.45, 7) is 4.43. The largest absolute Gasteiger partial charge is 0.397 e. The quantitative estimate of drug-likeness (QED) is 0.583. The third-order valence-electron chi connectivity index (χ3n) is 3.37. The number of hydrogen-bond acceptors (Lipinski definition) is 2. The van der Waals surface area contributed by atoms with Gasteiger partial charge in [0.25, 0.3) is 0 Å². The first-order valence-corrected chi connectivity index (χ1v) is 7.91. The summed E-state index contributed by atoms with van der Waals surface area (Å²) >= 11 is 2.28. The number of nitrogens with one attached hydrogen (secondary N) is 1. The second kappa shape index (κ2) is 6.48. The van der Waals surface area contributed by atoms with Crippen molar-refractivity contribution in [3.8, 4) is 0 Å². The lowest BCUT2D eigenvalue weighted by Crippen LogP contribution is -2.31. The van der Waals surface area contributed by atoms with E-state index in [1.807, 2.05) is 6.07 Å². The van der Waals surface area contributed by atoms with E-state index in [2.05, 4.69) is 84.2 Å². The molecule has 0 heterocycles. The zero-order valence-corrected chi connectivity index (χ0v) is 14.1. The zero-order chi connectivity index (χ0) is 14.6. The standard InChI is InChI=1S/C17H21IN2/c1-17(2,11-10-13-6-4-3-5-7-13)20-16-9-8-14(18)12-15(16)19/h3-9,12,20H,10-11,19H2,1-2H3. The van der Waals surface area contributed by atoms with E-state index in [1.54, 1.807) is 0 Å². The van der Waals surface area contributed by atoms with Gasteiger partial charge in [0.1, 0.15) is 0 Å². The molecule has 20 heavy (non-hydrogen) atoms. The maximum Gasteiger partial charge on any atom is 0.0578 e. The van der Waals surface area contributed by atoms with Gasteiger partial charge in [-0.2, -0.15) is 0 Å². The summed E-state index contributed by atoms with van der Waals surface area (Å²) in [5.41, 5.74) is 9.28. The van der Waals surface area contributed by atoms with Crippen LogP contribution in [-0.2, 0) is 6.42 Å². The lowest BCUT2D eigenvalue weighted by atomic mass is 9.95. The third-order valence-corrected chi connectivity index (χ3v) is 4.04. The molecule has 0 amide bonds. The summed E-state index contributed by atoms with van der Waals surface area (Å²) in [5, 5.41) is 3.56. The Kier molecular flexibility index (Phi) is 4.91. The van der Waals surface area contributed by atoms with Gasteiger partial charge in [0, 0.05) is 9.11 Å². The summed E-state index contributed by atoms with van der Waals surface area (Å²) in [4.78, 5) is 0. The molecule has 2 nitrogen and oxygen atoms in total. The van der Waals surface area contributed by atoms with Crippen LogP contribution in [-0.4, -0.2) is 5.54 Å². The van der Waals surface area contributed by atoms with Crippen LogP contribution in [0.3, 0.4) is 0 Å². The molecule has 0 atom stereocenters. The van der Waals surface area contributed by atoms with Crippen molar-refractivity contribution in [3.05, 3.63) is 57.7 Å². The second-order valence-corrected chi connectivity index (χ2v) is 6.97. The number of aryl methyl sites for hydroxylation is 1. The minimum atomic E-state index is 0.0107. The van der Waals surface area contributed by atoms with Crippen LogP contribution in [0, 0.1) is 3.57 Å². The maximum atomic E-state index is 6.07. The fourth-order valence-corrected chi connectivity index (χ4v) is 2.69. The van der Waals surface area contributed by atoms with Crippen molar-refractivity contribution in [1.29, 1.82) is 0 Å². The van der Waals surface area contributed by atoms with Crippen molar-refractivity contribution < 1.29 is 0 Å². The number of hydrogen-bond donors (Lipinski definition) is 2. The lowest BCUT2D eigenvalue weighted by molar-refractivity contribution is 0.519. The Morgan fingerprint density at radius 3 is 2.45 bits per heavy atom. The van der Waals surface area contributed by atoms with Gasteiger partial charge in [0.05, 0.1) is 11.4 Å². The minimum Gasteiger partial charge on any atom is -0.397 e. The number of nitrogen functional groups attached to an aromatic ring is 1. The van der Waals surface area contributed by atoms with Gasteiger partial charge in [-0.15, -0.1) is 0 Å². The van der Waals surface area contributed by atoms with Crippen LogP contribution in [0.25, 0.3) is 0 Å². The monoisotopic (exact) mass is 380 g/mol. The van der Waals surface area contributed by atoms with Crippen molar-refractivity contribution in [1.82, 2.24) is 0 Å². The second-order valence-electron chi connectivity index (χ2n) is 5.73.